The van der Waals surface area contributed by atoms with Crippen LogP contribution in [0.2, 0.25) is 0 Å². The Morgan fingerprint density at radius 1 is 1.03 bits per heavy atom. The summed E-state index contributed by atoms with van der Waals surface area (Å²) in [5.74, 6) is 1.44. The number of H-pyrrole nitrogens is 1. The monoisotopic (exact) mass is 527 g/mol. The molecule has 0 aliphatic carbocycles. The van der Waals surface area contributed by atoms with Gasteiger partial charge in [-0.05, 0) is 87.4 Å². The summed E-state index contributed by atoms with van der Waals surface area (Å²) in [6.45, 7) is 12.6. The first-order valence-electron chi connectivity index (χ1n) is 13.5. The molecule has 2 aromatic heterocycles. The zero-order valence-electron chi connectivity index (χ0n) is 23.6. The lowest BCUT2D eigenvalue weighted by Crippen LogP contribution is -2.61. The van der Waals surface area contributed by atoms with Crippen LogP contribution in [-0.2, 0) is 13.0 Å². The molecule has 0 radical (unpaired) electrons. The maximum Gasteiger partial charge on any atom is 0.257 e. The molecule has 5 rings (SSSR count). The Balaban J connectivity index is 1.41. The smallest absolute Gasteiger partial charge is 0.257 e. The van der Waals surface area contributed by atoms with Crippen molar-refractivity contribution in [3.05, 3.63) is 81.5 Å². The van der Waals surface area contributed by atoms with E-state index in [0.29, 0.717) is 30.2 Å². The van der Waals surface area contributed by atoms with Crippen LogP contribution in [0.5, 0.6) is 0 Å². The Morgan fingerprint density at radius 2 is 1.72 bits per heavy atom. The van der Waals surface area contributed by atoms with Gasteiger partial charge in [-0.25, -0.2) is 10.1 Å². The van der Waals surface area contributed by atoms with Crippen LogP contribution in [0.3, 0.4) is 0 Å². The van der Waals surface area contributed by atoms with Crippen LogP contribution in [0.15, 0.2) is 53.3 Å². The molecule has 3 heterocycles. The second-order valence-corrected chi connectivity index (χ2v) is 11.8. The van der Waals surface area contributed by atoms with Gasteiger partial charge in [-0.2, -0.15) is 5.06 Å². The molecule has 0 saturated carbocycles. The first-order chi connectivity index (χ1) is 18.5. The quantitative estimate of drug-likeness (QED) is 0.365. The Morgan fingerprint density at radius 3 is 2.38 bits per heavy atom. The zero-order valence-corrected chi connectivity index (χ0v) is 23.6. The Bertz CT molecular complexity index is 1520. The lowest BCUT2D eigenvalue weighted by atomic mass is 9.74. The fourth-order valence-corrected chi connectivity index (χ4v) is 5.95. The summed E-state index contributed by atoms with van der Waals surface area (Å²) >= 11 is 0. The van der Waals surface area contributed by atoms with Crippen molar-refractivity contribution in [2.24, 2.45) is 5.92 Å². The van der Waals surface area contributed by atoms with Crippen LogP contribution in [-0.4, -0.2) is 51.5 Å². The number of piperidine rings is 1. The summed E-state index contributed by atoms with van der Waals surface area (Å²) in [5.41, 5.74) is 4.72. The highest BCUT2D eigenvalue weighted by Gasteiger charge is 2.47. The van der Waals surface area contributed by atoms with Crippen LogP contribution >= 0.6 is 0 Å². The van der Waals surface area contributed by atoms with Crippen molar-refractivity contribution in [3.8, 4) is 22.5 Å². The standard InChI is InChI=1S/C30H37N7O2/c1-19-26(28(38)36(20(2)31-19)18-23-15-16-29(3,4)37(39)30(23,5)6)17-21-11-13-22(14-12-21)24-9-7-8-10-25(24)27-32-34-35-33-27/h7-14,23,39H,15-18H2,1-6H3,(H,32,33,34,35). The van der Waals surface area contributed by atoms with Gasteiger partial charge in [0.25, 0.3) is 5.56 Å². The molecule has 2 N–H and O–H groups in total. The Hall–Kier alpha value is -3.69. The number of hydrogen-bond donors (Lipinski definition) is 2. The summed E-state index contributed by atoms with van der Waals surface area (Å²) in [6.07, 6.45) is 2.29. The normalized spacial score (nSPS) is 18.8. The average Bonchev–Trinajstić information content (AvgIpc) is 3.44. The Kier molecular flexibility index (Phi) is 6.99. The molecule has 0 amide bonds. The third-order valence-corrected chi connectivity index (χ3v) is 8.46. The first-order valence-corrected chi connectivity index (χ1v) is 13.5. The average molecular weight is 528 g/mol. The third kappa shape index (κ3) is 5.04. The number of hydrogen-bond acceptors (Lipinski definition) is 7. The number of nitrogens with one attached hydrogen (secondary N) is 1. The van der Waals surface area contributed by atoms with Gasteiger partial charge in [-0.3, -0.25) is 9.36 Å². The predicted octanol–water partition coefficient (Wildman–Crippen LogP) is 4.96. The number of aromatic nitrogens is 6. The van der Waals surface area contributed by atoms with E-state index < -0.39 is 5.54 Å². The maximum atomic E-state index is 13.8. The number of nitrogens with zero attached hydrogens (tertiary/aromatic N) is 6. The van der Waals surface area contributed by atoms with Gasteiger partial charge < -0.3 is 5.21 Å². The summed E-state index contributed by atoms with van der Waals surface area (Å²) < 4.78 is 1.80. The van der Waals surface area contributed by atoms with E-state index in [4.69, 9.17) is 4.98 Å². The number of aromatic amines is 1. The van der Waals surface area contributed by atoms with Crippen molar-refractivity contribution in [1.82, 2.24) is 35.2 Å². The van der Waals surface area contributed by atoms with Crippen molar-refractivity contribution >= 4 is 0 Å². The molecule has 9 nitrogen and oxygen atoms in total. The van der Waals surface area contributed by atoms with Crippen molar-refractivity contribution in [2.45, 2.75) is 78.4 Å². The summed E-state index contributed by atoms with van der Waals surface area (Å²) in [4.78, 5) is 18.6. The third-order valence-electron chi connectivity index (χ3n) is 8.46. The second-order valence-electron chi connectivity index (χ2n) is 11.8. The fourth-order valence-electron chi connectivity index (χ4n) is 5.95. The van der Waals surface area contributed by atoms with Crippen molar-refractivity contribution in [1.29, 1.82) is 0 Å². The van der Waals surface area contributed by atoms with Crippen LogP contribution < -0.4 is 5.56 Å². The molecule has 0 spiro atoms. The molecule has 1 fully saturated rings. The molecule has 4 aromatic rings. The number of aryl methyl sites for hydroxylation is 2. The maximum absolute atomic E-state index is 13.8. The molecule has 1 aliphatic rings. The second kappa shape index (κ2) is 10.1. The van der Waals surface area contributed by atoms with Gasteiger partial charge in [-0.15, -0.1) is 5.10 Å². The minimum Gasteiger partial charge on any atom is -0.313 e. The van der Waals surface area contributed by atoms with E-state index in [0.717, 1.165) is 40.8 Å². The van der Waals surface area contributed by atoms with E-state index >= 15 is 0 Å². The zero-order chi connectivity index (χ0) is 27.9. The summed E-state index contributed by atoms with van der Waals surface area (Å²) in [6, 6.07) is 16.2. The van der Waals surface area contributed by atoms with Gasteiger partial charge >= 0.3 is 0 Å². The molecular formula is C30H37N7O2. The molecular weight excluding hydrogens is 490 g/mol. The highest BCUT2D eigenvalue weighted by atomic mass is 16.5. The van der Waals surface area contributed by atoms with Crippen LogP contribution in [0.4, 0.5) is 0 Å². The molecule has 1 atom stereocenters. The lowest BCUT2D eigenvalue weighted by molar-refractivity contribution is -0.260. The van der Waals surface area contributed by atoms with E-state index in [2.05, 4.69) is 72.6 Å². The Labute approximate surface area is 228 Å². The molecule has 1 saturated heterocycles. The SMILES string of the molecule is Cc1nc(C)n(CC2CCC(C)(C)N(O)C2(C)C)c(=O)c1Cc1ccc(-c2ccccc2-c2nnn[nH]2)cc1. The van der Waals surface area contributed by atoms with Crippen LogP contribution in [0.25, 0.3) is 22.5 Å². The molecule has 39 heavy (non-hydrogen) atoms. The minimum absolute atomic E-state index is 0.00244. The molecule has 1 aliphatic heterocycles. The highest BCUT2D eigenvalue weighted by Crippen LogP contribution is 2.41. The lowest BCUT2D eigenvalue weighted by Gasteiger charge is -2.53. The minimum atomic E-state index is -0.466. The van der Waals surface area contributed by atoms with E-state index in [1.807, 2.05) is 38.1 Å². The van der Waals surface area contributed by atoms with E-state index in [9.17, 15) is 10.0 Å². The van der Waals surface area contributed by atoms with Gasteiger partial charge in [-0.1, -0.05) is 48.5 Å². The van der Waals surface area contributed by atoms with E-state index in [1.54, 1.807) is 4.57 Å². The predicted molar refractivity (Wildman–Crippen MR) is 150 cm³/mol. The first kappa shape index (κ1) is 26.9. The number of rotatable bonds is 6. The van der Waals surface area contributed by atoms with E-state index in [-0.39, 0.29) is 17.0 Å². The topological polar surface area (TPSA) is 113 Å². The fraction of sp³-hybridized carbons (Fsp3) is 0.433. The van der Waals surface area contributed by atoms with Crippen molar-refractivity contribution < 1.29 is 5.21 Å². The number of hydroxylamine groups is 2. The highest BCUT2D eigenvalue weighted by molar-refractivity contribution is 5.80. The van der Waals surface area contributed by atoms with Gasteiger partial charge in [0, 0.05) is 40.9 Å². The largest absolute Gasteiger partial charge is 0.313 e. The van der Waals surface area contributed by atoms with Crippen molar-refractivity contribution in [2.75, 3.05) is 0 Å². The van der Waals surface area contributed by atoms with Gasteiger partial charge in [0.15, 0.2) is 5.82 Å². The molecule has 1 unspecified atom stereocenters. The molecule has 0 bridgehead atoms. The number of tetrazole rings is 1. The van der Waals surface area contributed by atoms with Crippen molar-refractivity contribution in [3.63, 3.8) is 0 Å². The van der Waals surface area contributed by atoms with Gasteiger partial charge in [0.1, 0.15) is 5.82 Å². The number of benzene rings is 2. The summed E-state index contributed by atoms with van der Waals surface area (Å²) in [7, 11) is 0. The van der Waals surface area contributed by atoms with Crippen LogP contribution in [0, 0.1) is 19.8 Å². The molecule has 204 valence electrons. The van der Waals surface area contributed by atoms with Gasteiger partial charge in [0.2, 0.25) is 0 Å². The summed E-state index contributed by atoms with van der Waals surface area (Å²) in [5, 5.41) is 26.7. The van der Waals surface area contributed by atoms with Gasteiger partial charge in [0.05, 0.1) is 0 Å². The molecule has 9 heteroatoms. The van der Waals surface area contributed by atoms with Crippen LogP contribution in [0.1, 0.15) is 63.2 Å². The van der Waals surface area contributed by atoms with E-state index in [1.165, 1.54) is 5.06 Å². The molecule has 2 aromatic carbocycles.